The Bertz CT molecular complexity index is 1010. The van der Waals surface area contributed by atoms with Gasteiger partial charge in [0.25, 0.3) is 0 Å². The first-order valence-electron chi connectivity index (χ1n) is 9.11. The zero-order chi connectivity index (χ0) is 19.4. The van der Waals surface area contributed by atoms with Crippen LogP contribution in [0.1, 0.15) is 35.9 Å². The van der Waals surface area contributed by atoms with Crippen molar-refractivity contribution in [3.8, 4) is 5.69 Å². The number of aromatic nitrogens is 2. The normalized spacial score (nSPS) is 11.7. The zero-order valence-corrected chi connectivity index (χ0v) is 16.8. The maximum atomic E-state index is 12.6. The summed E-state index contributed by atoms with van der Waals surface area (Å²) in [7, 11) is -3.57. The van der Waals surface area contributed by atoms with E-state index in [1.165, 1.54) is 0 Å². The number of para-hydroxylation sites is 1. The number of rotatable bonds is 7. The van der Waals surface area contributed by atoms with Crippen molar-refractivity contribution in [2.75, 3.05) is 0 Å². The fourth-order valence-corrected chi connectivity index (χ4v) is 4.12. The number of nitrogens with one attached hydrogen (secondary N) is 1. The predicted molar refractivity (Wildman–Crippen MR) is 108 cm³/mol. The Morgan fingerprint density at radius 3 is 2.30 bits per heavy atom. The molecule has 1 heterocycles. The molecule has 6 heteroatoms. The van der Waals surface area contributed by atoms with Crippen LogP contribution < -0.4 is 4.72 Å². The lowest BCUT2D eigenvalue weighted by Gasteiger charge is -2.09. The van der Waals surface area contributed by atoms with E-state index in [0.717, 1.165) is 41.0 Å². The summed E-state index contributed by atoms with van der Waals surface area (Å²) in [6, 6.07) is 16.9. The van der Waals surface area contributed by atoms with Gasteiger partial charge in [-0.15, -0.1) is 0 Å². The maximum Gasteiger partial charge on any atom is 0.240 e. The summed E-state index contributed by atoms with van der Waals surface area (Å²) < 4.78 is 29.8. The second-order valence-electron chi connectivity index (χ2n) is 6.62. The molecule has 3 rings (SSSR count). The molecule has 142 valence electrons. The van der Waals surface area contributed by atoms with Gasteiger partial charge in [0.2, 0.25) is 10.0 Å². The lowest BCUT2D eigenvalue weighted by molar-refractivity contribution is 0.581. The molecule has 5 nitrogen and oxygen atoms in total. The third-order valence-electron chi connectivity index (χ3n) is 4.65. The third kappa shape index (κ3) is 4.28. The largest absolute Gasteiger partial charge is 0.240 e. The van der Waals surface area contributed by atoms with Crippen LogP contribution in [0.5, 0.6) is 0 Å². The van der Waals surface area contributed by atoms with Crippen LogP contribution in [-0.4, -0.2) is 18.2 Å². The van der Waals surface area contributed by atoms with Crippen LogP contribution in [-0.2, 0) is 23.0 Å². The maximum absolute atomic E-state index is 12.6. The second-order valence-corrected chi connectivity index (χ2v) is 8.38. The minimum absolute atomic E-state index is 0.212. The molecular weight excluding hydrogens is 358 g/mol. The zero-order valence-electron chi connectivity index (χ0n) is 15.9. The van der Waals surface area contributed by atoms with Crippen LogP contribution >= 0.6 is 0 Å². The van der Waals surface area contributed by atoms with Gasteiger partial charge in [0, 0.05) is 17.8 Å². The van der Waals surface area contributed by atoms with Gasteiger partial charge in [-0.1, -0.05) is 43.7 Å². The summed E-state index contributed by atoms with van der Waals surface area (Å²) in [5.41, 5.74) is 4.74. The molecule has 0 aliphatic heterocycles. The summed E-state index contributed by atoms with van der Waals surface area (Å²) in [4.78, 5) is 0.285. The summed E-state index contributed by atoms with van der Waals surface area (Å²) >= 11 is 0. The molecule has 0 amide bonds. The van der Waals surface area contributed by atoms with Crippen molar-refractivity contribution < 1.29 is 8.42 Å². The van der Waals surface area contributed by atoms with Gasteiger partial charge in [-0.05, 0) is 50.1 Å². The number of sulfonamides is 1. The molecule has 0 saturated heterocycles. The van der Waals surface area contributed by atoms with Crippen molar-refractivity contribution in [2.24, 2.45) is 0 Å². The van der Waals surface area contributed by atoms with Crippen molar-refractivity contribution in [1.29, 1.82) is 0 Å². The van der Waals surface area contributed by atoms with Crippen LogP contribution in [0, 0.1) is 13.8 Å². The SMILES string of the molecule is CCCc1ccc(S(=O)(=O)NCc2c(C)nn(-c3ccccc3)c2C)cc1. The van der Waals surface area contributed by atoms with Gasteiger partial charge in [-0.25, -0.2) is 17.8 Å². The van der Waals surface area contributed by atoms with Gasteiger partial charge in [0.05, 0.1) is 16.3 Å². The molecule has 0 aliphatic carbocycles. The average molecular weight is 384 g/mol. The van der Waals surface area contributed by atoms with Crippen molar-refractivity contribution in [1.82, 2.24) is 14.5 Å². The molecule has 3 aromatic rings. The van der Waals surface area contributed by atoms with Gasteiger partial charge < -0.3 is 0 Å². The van der Waals surface area contributed by atoms with Crippen molar-refractivity contribution in [2.45, 2.75) is 45.1 Å². The molecule has 0 radical (unpaired) electrons. The first-order valence-corrected chi connectivity index (χ1v) is 10.6. The van der Waals surface area contributed by atoms with E-state index in [0.29, 0.717) is 0 Å². The first kappa shape index (κ1) is 19.3. The van der Waals surface area contributed by atoms with E-state index in [2.05, 4.69) is 16.7 Å². The van der Waals surface area contributed by atoms with Crippen LogP contribution in [0.4, 0.5) is 0 Å². The fourth-order valence-electron chi connectivity index (χ4n) is 3.13. The summed E-state index contributed by atoms with van der Waals surface area (Å²) in [6.07, 6.45) is 1.99. The Balaban J connectivity index is 1.79. The van der Waals surface area contributed by atoms with Gasteiger partial charge >= 0.3 is 0 Å². The van der Waals surface area contributed by atoms with Crippen LogP contribution in [0.2, 0.25) is 0 Å². The number of hydrogen-bond donors (Lipinski definition) is 1. The third-order valence-corrected chi connectivity index (χ3v) is 6.07. The highest BCUT2D eigenvalue weighted by Gasteiger charge is 2.18. The summed E-state index contributed by atoms with van der Waals surface area (Å²) in [5.74, 6) is 0. The highest BCUT2D eigenvalue weighted by atomic mass is 32.2. The fraction of sp³-hybridized carbons (Fsp3) is 0.286. The second kappa shape index (κ2) is 8.06. The smallest absolute Gasteiger partial charge is 0.238 e. The Morgan fingerprint density at radius 2 is 1.67 bits per heavy atom. The molecule has 0 aliphatic rings. The van der Waals surface area contributed by atoms with Crippen molar-refractivity contribution in [3.63, 3.8) is 0 Å². The van der Waals surface area contributed by atoms with Crippen LogP contribution in [0.3, 0.4) is 0 Å². The van der Waals surface area contributed by atoms with Crippen molar-refractivity contribution in [3.05, 3.63) is 77.1 Å². The quantitative estimate of drug-likeness (QED) is 0.672. The molecule has 0 saturated carbocycles. The Labute approximate surface area is 161 Å². The van der Waals surface area contributed by atoms with E-state index in [-0.39, 0.29) is 11.4 Å². The molecule has 0 atom stereocenters. The molecule has 2 aromatic carbocycles. The first-order chi connectivity index (χ1) is 12.9. The molecule has 0 spiro atoms. The lowest BCUT2D eigenvalue weighted by Crippen LogP contribution is -2.23. The molecule has 0 bridgehead atoms. The number of hydrogen-bond acceptors (Lipinski definition) is 3. The van der Waals surface area contributed by atoms with E-state index >= 15 is 0 Å². The predicted octanol–water partition coefficient (Wildman–Crippen LogP) is 3.92. The van der Waals surface area contributed by atoms with E-state index in [9.17, 15) is 8.42 Å². The highest BCUT2D eigenvalue weighted by Crippen LogP contribution is 2.19. The van der Waals surface area contributed by atoms with Gasteiger partial charge in [-0.3, -0.25) is 0 Å². The molecule has 1 N–H and O–H groups in total. The van der Waals surface area contributed by atoms with Gasteiger partial charge in [-0.2, -0.15) is 5.10 Å². The van der Waals surface area contributed by atoms with Gasteiger partial charge in [0.1, 0.15) is 0 Å². The Morgan fingerprint density at radius 1 is 1.00 bits per heavy atom. The number of nitrogens with zero attached hydrogens (tertiary/aromatic N) is 2. The topological polar surface area (TPSA) is 64.0 Å². The lowest BCUT2D eigenvalue weighted by atomic mass is 10.1. The van der Waals surface area contributed by atoms with Gasteiger partial charge in [0.15, 0.2) is 0 Å². The molecule has 0 unspecified atom stereocenters. The summed E-state index contributed by atoms with van der Waals surface area (Å²) in [5, 5.41) is 4.57. The monoisotopic (exact) mass is 383 g/mol. The van der Waals surface area contributed by atoms with Crippen LogP contribution in [0.25, 0.3) is 5.69 Å². The minimum atomic E-state index is -3.57. The molecular formula is C21H25N3O2S. The molecule has 1 aromatic heterocycles. The average Bonchev–Trinajstić information content (AvgIpc) is 2.95. The highest BCUT2D eigenvalue weighted by molar-refractivity contribution is 7.89. The number of benzene rings is 2. The van der Waals surface area contributed by atoms with E-state index in [1.54, 1.807) is 12.1 Å². The van der Waals surface area contributed by atoms with E-state index in [4.69, 9.17) is 0 Å². The summed E-state index contributed by atoms with van der Waals surface area (Å²) in [6.45, 7) is 6.17. The minimum Gasteiger partial charge on any atom is -0.238 e. The van der Waals surface area contributed by atoms with Crippen LogP contribution in [0.15, 0.2) is 59.5 Å². The molecule has 27 heavy (non-hydrogen) atoms. The standard InChI is InChI=1S/C21H25N3O2S/c1-4-8-18-11-13-20(14-12-18)27(25,26)22-15-21-16(2)23-24(17(21)3)19-9-6-5-7-10-19/h5-7,9-14,22H,4,8,15H2,1-3H3. The molecule has 0 fully saturated rings. The number of aryl methyl sites for hydroxylation is 2. The van der Waals surface area contributed by atoms with Crippen molar-refractivity contribution >= 4 is 10.0 Å². The Hall–Kier alpha value is -2.44. The Kier molecular flexibility index (Phi) is 5.77. The van der Waals surface area contributed by atoms with E-state index < -0.39 is 10.0 Å². The van der Waals surface area contributed by atoms with E-state index in [1.807, 2.05) is 61.0 Å².